The van der Waals surface area contributed by atoms with Gasteiger partial charge in [-0.1, -0.05) is 89.0 Å². The van der Waals surface area contributed by atoms with Crippen LogP contribution in [0.5, 0.6) is 0 Å². The van der Waals surface area contributed by atoms with Crippen LogP contribution in [-0.4, -0.2) is 188 Å². The Balaban J connectivity index is 0.781. The minimum atomic E-state index is -0.955. The number of ether oxygens (including phenoxy) is 6. The summed E-state index contributed by atoms with van der Waals surface area (Å²) in [4.78, 5) is 129. The Morgan fingerprint density at radius 1 is 0.695 bits per heavy atom. The SMILES string of the molecule is COC(=O)CCCCCCCCCCCCCCCCC(=O)N[C@@H](CCC(=O)NCCOCCOCC(=O)NCCOCCOCC(=O)NC[C@@]12C[C@@H](C(=O)Nc3nc(Br)ccc3C)N(C(=O)Cn3nc(C(N)=O)c4cc(C#Cc5ncc(F)cn5)ccc43)[C@@H]1C2)C(=O)OC. The number of hydrogen-bond donors (Lipinski definition) is 6. The number of rotatable bonds is 45. The molecule has 1 saturated heterocycles. The quantitative estimate of drug-likeness (QED) is 0.0143. The molecule has 1 aromatic carbocycles. The van der Waals surface area contributed by atoms with Crippen LogP contribution in [0, 0.1) is 30.0 Å². The van der Waals surface area contributed by atoms with Gasteiger partial charge in [0.25, 0.3) is 5.91 Å². The molecule has 6 rings (SSSR count). The zero-order valence-electron chi connectivity index (χ0n) is 54.5. The minimum absolute atomic E-state index is 0.00812. The summed E-state index contributed by atoms with van der Waals surface area (Å²) >= 11 is 3.35. The van der Waals surface area contributed by atoms with E-state index in [0.29, 0.717) is 58.1 Å². The number of hydrogen-bond acceptors (Lipinski definition) is 19. The number of piperidine rings is 1. The van der Waals surface area contributed by atoms with Crippen LogP contribution in [0.2, 0.25) is 0 Å². The first-order valence-corrected chi connectivity index (χ1v) is 33.3. The standard InChI is InChI=1S/C66H90BrFN12O15/c1-45-20-25-53(67)76-63(45)77-64(88)51-37-66(38-52(66)80(51)59(85)41-79-50-24-21-46(36-48(50)61(78-79)62(69)87)22-26-54-72-39-47(68)40-73-54)44-74-58(84)43-95-35-33-93-31-29-71-57(83)42-94-34-32-92-30-28-70-55(81)27-23-49(65(89)91-3)75-56(82)18-16-14-12-10-8-6-4-5-7-9-11-13-15-17-19-60(86)90-2/h20-21,24-25,36,39-40,49,51-52H,4-19,23,27-35,37-38,41-44H2,1-3H3,(H2,69,87)(H,70,81)(H,71,83)(H,74,84)(H,75,82)(H,76,77,88)/t49-,51-,52+,66-/m0/s1. The van der Waals surface area contributed by atoms with Gasteiger partial charge in [-0.05, 0) is 90.7 Å². The van der Waals surface area contributed by atoms with Crippen molar-refractivity contribution in [3.05, 3.63) is 75.8 Å². The second-order valence-electron chi connectivity index (χ2n) is 23.5. The third-order valence-electron chi connectivity index (χ3n) is 16.2. The van der Waals surface area contributed by atoms with Crippen LogP contribution in [-0.2, 0) is 73.3 Å². The van der Waals surface area contributed by atoms with Crippen LogP contribution in [0.3, 0.4) is 0 Å². The first kappa shape index (κ1) is 76.0. The maximum Gasteiger partial charge on any atom is 0.328 e. The molecule has 7 amide bonds. The number of pyridine rings is 1. The zero-order valence-corrected chi connectivity index (χ0v) is 56.1. The Hall–Kier alpha value is -8.04. The van der Waals surface area contributed by atoms with E-state index < -0.39 is 59.0 Å². The van der Waals surface area contributed by atoms with Crippen molar-refractivity contribution in [1.29, 1.82) is 0 Å². The molecule has 4 heterocycles. The van der Waals surface area contributed by atoms with Crippen molar-refractivity contribution in [3.8, 4) is 11.8 Å². The third-order valence-corrected chi connectivity index (χ3v) is 16.7. The molecular formula is C66H90BrFN12O15. The second kappa shape index (κ2) is 41.0. The highest BCUT2D eigenvalue weighted by Crippen LogP contribution is 2.59. The van der Waals surface area contributed by atoms with Crippen molar-refractivity contribution >= 4 is 85.9 Å². The molecule has 0 spiro atoms. The summed E-state index contributed by atoms with van der Waals surface area (Å²) in [6.45, 7) is 2.36. The summed E-state index contributed by atoms with van der Waals surface area (Å²) in [5.41, 5.74) is 6.55. The van der Waals surface area contributed by atoms with E-state index in [1.807, 2.05) is 0 Å². The predicted molar refractivity (Wildman–Crippen MR) is 349 cm³/mol. The molecule has 95 heavy (non-hydrogen) atoms. The number of esters is 2. The monoisotopic (exact) mass is 1390 g/mol. The number of benzene rings is 1. The molecule has 518 valence electrons. The fourth-order valence-electron chi connectivity index (χ4n) is 11.0. The van der Waals surface area contributed by atoms with Crippen molar-refractivity contribution in [1.82, 2.24) is 50.9 Å². The number of nitrogens with two attached hydrogens (primary N) is 1. The van der Waals surface area contributed by atoms with Gasteiger partial charge in [0.1, 0.15) is 42.3 Å². The molecule has 0 radical (unpaired) electrons. The van der Waals surface area contributed by atoms with E-state index in [-0.39, 0.29) is 134 Å². The maximum atomic E-state index is 14.4. The van der Waals surface area contributed by atoms with Gasteiger partial charge in [0, 0.05) is 61.3 Å². The van der Waals surface area contributed by atoms with E-state index in [1.165, 1.54) is 68.7 Å². The van der Waals surface area contributed by atoms with Crippen LogP contribution in [0.1, 0.15) is 156 Å². The first-order chi connectivity index (χ1) is 45.9. The van der Waals surface area contributed by atoms with E-state index in [0.717, 1.165) is 50.9 Å². The second-order valence-corrected chi connectivity index (χ2v) is 24.3. The summed E-state index contributed by atoms with van der Waals surface area (Å²) in [5, 5.41) is 18.6. The maximum absolute atomic E-state index is 14.4. The summed E-state index contributed by atoms with van der Waals surface area (Å²) in [6, 6.07) is 6.07. The molecule has 0 unspecified atom stereocenters. The van der Waals surface area contributed by atoms with Crippen molar-refractivity contribution in [2.24, 2.45) is 11.1 Å². The number of aryl methyl sites for hydroxylation is 1. The highest BCUT2D eigenvalue weighted by Gasteiger charge is 2.67. The summed E-state index contributed by atoms with van der Waals surface area (Å²) < 4.78 is 46.6. The van der Waals surface area contributed by atoms with Crippen molar-refractivity contribution < 1.29 is 76.0 Å². The van der Waals surface area contributed by atoms with Crippen molar-refractivity contribution in [2.75, 3.05) is 92.0 Å². The molecule has 1 saturated carbocycles. The Bertz CT molecular complexity index is 3270. The number of carbonyl (C=O) groups is 9. The number of halogens is 2. The Morgan fingerprint density at radius 2 is 1.28 bits per heavy atom. The lowest BCUT2D eigenvalue weighted by atomic mass is 9.99. The van der Waals surface area contributed by atoms with Crippen molar-refractivity contribution in [2.45, 2.75) is 160 Å². The Labute approximate surface area is 561 Å². The van der Waals surface area contributed by atoms with Gasteiger partial charge in [-0.3, -0.25) is 43.0 Å². The van der Waals surface area contributed by atoms with E-state index in [9.17, 15) is 47.5 Å². The fourth-order valence-corrected chi connectivity index (χ4v) is 11.4. The van der Waals surface area contributed by atoms with Gasteiger partial charge in [0.05, 0.1) is 71.8 Å². The number of likely N-dealkylation sites (tertiary alicyclic amines) is 1. The number of unbranched alkanes of at least 4 members (excludes halogenated alkanes) is 13. The van der Waals surface area contributed by atoms with Crippen LogP contribution in [0.25, 0.3) is 10.9 Å². The molecule has 2 fully saturated rings. The van der Waals surface area contributed by atoms with E-state index in [2.05, 4.69) is 79.1 Å². The smallest absolute Gasteiger partial charge is 0.328 e. The molecule has 27 nitrogen and oxygen atoms in total. The normalized spacial score (nSPS) is 15.6. The number of carbonyl (C=O) groups excluding carboxylic acids is 9. The third kappa shape index (κ3) is 26.6. The molecular weight excluding hydrogens is 1300 g/mol. The number of methoxy groups -OCH3 is 2. The molecule has 2 aliphatic rings. The number of primary amides is 1. The van der Waals surface area contributed by atoms with Gasteiger partial charge in [0.15, 0.2) is 11.5 Å². The number of aromatic nitrogens is 5. The Morgan fingerprint density at radius 3 is 1.89 bits per heavy atom. The van der Waals surface area contributed by atoms with E-state index in [4.69, 9.17) is 29.4 Å². The van der Waals surface area contributed by atoms with Gasteiger partial charge in [-0.25, -0.2) is 24.1 Å². The lowest BCUT2D eigenvalue weighted by molar-refractivity contribution is -0.145. The highest BCUT2D eigenvalue weighted by atomic mass is 79.9. The first-order valence-electron chi connectivity index (χ1n) is 32.5. The van der Waals surface area contributed by atoms with Crippen LogP contribution < -0.4 is 32.3 Å². The topological polar surface area (TPSA) is 355 Å². The van der Waals surface area contributed by atoms with E-state index in [1.54, 1.807) is 37.3 Å². The van der Waals surface area contributed by atoms with Gasteiger partial charge in [-0.2, -0.15) is 5.10 Å². The number of anilines is 1. The van der Waals surface area contributed by atoms with Gasteiger partial charge >= 0.3 is 11.9 Å². The highest BCUT2D eigenvalue weighted by molar-refractivity contribution is 9.10. The molecule has 0 bridgehead atoms. The number of nitrogens with zero attached hydrogens (tertiary/aromatic N) is 6. The number of fused-ring (bicyclic) bond motifs is 2. The molecule has 4 atom stereocenters. The number of amides is 7. The van der Waals surface area contributed by atoms with Crippen LogP contribution in [0.4, 0.5) is 10.2 Å². The van der Waals surface area contributed by atoms with Gasteiger partial charge < -0.3 is 65.6 Å². The largest absolute Gasteiger partial charge is 0.469 e. The summed E-state index contributed by atoms with van der Waals surface area (Å²) in [7, 11) is 2.66. The lowest BCUT2D eigenvalue weighted by Crippen LogP contribution is -2.47. The average molecular weight is 1390 g/mol. The minimum Gasteiger partial charge on any atom is -0.469 e. The van der Waals surface area contributed by atoms with Crippen LogP contribution in [0.15, 0.2) is 47.3 Å². The predicted octanol–water partition coefficient (Wildman–Crippen LogP) is 5.20. The van der Waals surface area contributed by atoms with Crippen molar-refractivity contribution in [3.63, 3.8) is 0 Å². The van der Waals surface area contributed by atoms with Gasteiger partial charge in [0.2, 0.25) is 41.3 Å². The van der Waals surface area contributed by atoms with E-state index >= 15 is 0 Å². The average Bonchev–Trinajstić information content (AvgIpc) is 1.54. The van der Waals surface area contributed by atoms with Gasteiger partial charge in [-0.15, -0.1) is 0 Å². The Kier molecular flexibility index (Phi) is 32.8. The van der Waals surface area contributed by atoms with Crippen LogP contribution >= 0.6 is 15.9 Å². The summed E-state index contributed by atoms with van der Waals surface area (Å²) in [6.07, 6.45) is 19.1. The molecule has 1 aliphatic heterocycles. The molecule has 29 heteroatoms. The molecule has 7 N–H and O–H groups in total. The molecule has 4 aromatic rings. The summed E-state index contributed by atoms with van der Waals surface area (Å²) in [5.74, 6) is 1.51. The lowest BCUT2D eigenvalue weighted by Gasteiger charge is -2.27. The molecule has 1 aliphatic carbocycles. The zero-order chi connectivity index (χ0) is 68.4. The molecule has 3 aromatic heterocycles. The fraction of sp³-hybridized carbons (Fsp3) is 0.591. The number of nitrogens with one attached hydrogen (secondary N) is 5.